The van der Waals surface area contributed by atoms with Crippen molar-refractivity contribution in [3.63, 3.8) is 0 Å². The summed E-state index contributed by atoms with van der Waals surface area (Å²) >= 11 is 6.27. The normalized spacial score (nSPS) is 17.9. The Morgan fingerprint density at radius 1 is 1.33 bits per heavy atom. The molecule has 2 heterocycles. The molecule has 27 heavy (non-hydrogen) atoms. The molecule has 1 aliphatic heterocycles. The van der Waals surface area contributed by atoms with Crippen molar-refractivity contribution in [1.29, 1.82) is 0 Å². The Morgan fingerprint density at radius 3 is 2.78 bits per heavy atom. The molecule has 0 unspecified atom stereocenters. The van der Waals surface area contributed by atoms with Gasteiger partial charge in [0.2, 0.25) is 11.8 Å². The molecule has 1 fully saturated rings. The highest BCUT2D eigenvalue weighted by atomic mass is 35.5. The molecule has 146 valence electrons. The van der Waals surface area contributed by atoms with Gasteiger partial charge in [0.15, 0.2) is 0 Å². The van der Waals surface area contributed by atoms with Crippen molar-refractivity contribution in [2.45, 2.75) is 40.2 Å². The smallest absolute Gasteiger partial charge is 0.228 e. The number of amides is 1. The Balaban J connectivity index is 1.70. The fraction of sp³-hybridized carbons (Fsp3) is 0.524. The summed E-state index contributed by atoms with van der Waals surface area (Å²) in [4.78, 5) is 21.6. The van der Waals surface area contributed by atoms with Crippen molar-refractivity contribution >= 4 is 17.5 Å². The molecule has 1 saturated heterocycles. The van der Waals surface area contributed by atoms with E-state index >= 15 is 0 Å². The Bertz CT molecular complexity index is 785. The maximum absolute atomic E-state index is 12.7. The highest BCUT2D eigenvalue weighted by Gasteiger charge is 2.29. The van der Waals surface area contributed by atoms with Crippen molar-refractivity contribution in [2.24, 2.45) is 5.92 Å². The van der Waals surface area contributed by atoms with E-state index in [2.05, 4.69) is 9.88 Å². The molecule has 1 aliphatic rings. The zero-order chi connectivity index (χ0) is 19.4. The summed E-state index contributed by atoms with van der Waals surface area (Å²) in [6, 6.07) is 7.57. The van der Waals surface area contributed by atoms with Crippen molar-refractivity contribution in [3.05, 3.63) is 40.7 Å². The SMILES string of the molecule is CCN(CC)C(=O)[C@@H]1CCCN(Cc2nc(-c3ccccc3Cl)oc2C)C1. The lowest BCUT2D eigenvalue weighted by atomic mass is 9.96. The number of halogens is 1. The second-order valence-corrected chi connectivity index (χ2v) is 7.49. The number of benzene rings is 1. The number of aromatic nitrogens is 1. The largest absolute Gasteiger partial charge is 0.441 e. The van der Waals surface area contributed by atoms with Gasteiger partial charge < -0.3 is 9.32 Å². The van der Waals surface area contributed by atoms with Gasteiger partial charge in [-0.05, 0) is 52.3 Å². The van der Waals surface area contributed by atoms with Crippen LogP contribution in [0.3, 0.4) is 0 Å². The molecule has 2 aromatic rings. The van der Waals surface area contributed by atoms with E-state index in [1.165, 1.54) is 0 Å². The number of likely N-dealkylation sites (tertiary alicyclic amines) is 1. The Kier molecular flexibility index (Phi) is 6.55. The van der Waals surface area contributed by atoms with Gasteiger partial charge in [-0.2, -0.15) is 0 Å². The number of nitrogens with zero attached hydrogens (tertiary/aromatic N) is 3. The van der Waals surface area contributed by atoms with E-state index in [1.54, 1.807) is 0 Å². The first kappa shape index (κ1) is 19.9. The van der Waals surface area contributed by atoms with Crippen LogP contribution in [0.1, 0.15) is 38.1 Å². The number of hydrogen-bond acceptors (Lipinski definition) is 4. The minimum atomic E-state index is 0.0777. The fourth-order valence-corrected chi connectivity index (χ4v) is 3.95. The molecule has 0 N–H and O–H groups in total. The highest BCUT2D eigenvalue weighted by Crippen LogP contribution is 2.29. The molecule has 1 amide bonds. The van der Waals surface area contributed by atoms with Crippen molar-refractivity contribution in [3.8, 4) is 11.5 Å². The standard InChI is InChI=1S/C21H28ClN3O2/c1-4-25(5-2)21(26)16-9-8-12-24(13-16)14-19-15(3)27-20(23-19)17-10-6-7-11-18(17)22/h6-7,10-11,16H,4-5,8-9,12-14H2,1-3H3/t16-/m1/s1. The van der Waals surface area contributed by atoms with E-state index in [-0.39, 0.29) is 11.8 Å². The summed E-state index contributed by atoms with van der Waals surface area (Å²) < 4.78 is 5.87. The maximum Gasteiger partial charge on any atom is 0.228 e. The van der Waals surface area contributed by atoms with Gasteiger partial charge in [-0.1, -0.05) is 23.7 Å². The molecule has 6 heteroatoms. The van der Waals surface area contributed by atoms with E-state index in [1.807, 2.05) is 49.9 Å². The summed E-state index contributed by atoms with van der Waals surface area (Å²) in [6.07, 6.45) is 2.00. The van der Waals surface area contributed by atoms with Gasteiger partial charge >= 0.3 is 0 Å². The van der Waals surface area contributed by atoms with Gasteiger partial charge in [-0.15, -0.1) is 0 Å². The minimum absolute atomic E-state index is 0.0777. The fourth-order valence-electron chi connectivity index (χ4n) is 3.73. The summed E-state index contributed by atoms with van der Waals surface area (Å²) in [5.41, 5.74) is 1.72. The van der Waals surface area contributed by atoms with Crippen LogP contribution in [-0.4, -0.2) is 46.9 Å². The third-order valence-electron chi connectivity index (χ3n) is 5.30. The van der Waals surface area contributed by atoms with Gasteiger partial charge in [0, 0.05) is 26.2 Å². The molecule has 5 nitrogen and oxygen atoms in total. The van der Waals surface area contributed by atoms with Gasteiger partial charge in [-0.25, -0.2) is 4.98 Å². The average Bonchev–Trinajstić information content (AvgIpc) is 3.03. The Labute approximate surface area is 166 Å². The minimum Gasteiger partial charge on any atom is -0.441 e. The molecule has 1 aromatic carbocycles. The molecule has 0 spiro atoms. The van der Waals surface area contributed by atoms with E-state index < -0.39 is 0 Å². The predicted octanol–water partition coefficient (Wildman–Crippen LogP) is 4.38. The van der Waals surface area contributed by atoms with Gasteiger partial charge in [-0.3, -0.25) is 9.69 Å². The molecule has 0 aliphatic carbocycles. The summed E-state index contributed by atoms with van der Waals surface area (Å²) in [7, 11) is 0. The Morgan fingerprint density at radius 2 is 2.07 bits per heavy atom. The highest BCUT2D eigenvalue weighted by molar-refractivity contribution is 6.33. The molecule has 0 saturated carbocycles. The lowest BCUT2D eigenvalue weighted by Crippen LogP contribution is -2.44. The maximum atomic E-state index is 12.7. The summed E-state index contributed by atoms with van der Waals surface area (Å²) in [5.74, 6) is 1.72. The van der Waals surface area contributed by atoms with Crippen LogP contribution >= 0.6 is 11.6 Å². The monoisotopic (exact) mass is 389 g/mol. The van der Waals surface area contributed by atoms with Crippen LogP contribution in [0.2, 0.25) is 5.02 Å². The quantitative estimate of drug-likeness (QED) is 0.735. The zero-order valence-electron chi connectivity index (χ0n) is 16.4. The first-order chi connectivity index (χ1) is 13.0. The van der Waals surface area contributed by atoms with Gasteiger partial charge in [0.1, 0.15) is 5.76 Å². The molecular formula is C21H28ClN3O2. The van der Waals surface area contributed by atoms with Crippen molar-refractivity contribution < 1.29 is 9.21 Å². The van der Waals surface area contributed by atoms with Crippen LogP contribution < -0.4 is 0 Å². The third-order valence-corrected chi connectivity index (χ3v) is 5.63. The second-order valence-electron chi connectivity index (χ2n) is 7.09. The van der Waals surface area contributed by atoms with Crippen LogP contribution in [0, 0.1) is 12.8 Å². The third kappa shape index (κ3) is 4.53. The number of carbonyl (C=O) groups is 1. The summed E-state index contributed by atoms with van der Waals surface area (Å²) in [6.45, 7) is 10.0. The van der Waals surface area contributed by atoms with Gasteiger partial charge in [0.05, 0.1) is 22.2 Å². The van der Waals surface area contributed by atoms with E-state index in [0.717, 1.165) is 56.0 Å². The molecular weight excluding hydrogens is 362 g/mol. The molecule has 3 rings (SSSR count). The first-order valence-electron chi connectivity index (χ1n) is 9.75. The molecule has 1 aromatic heterocycles. The molecule has 1 atom stereocenters. The topological polar surface area (TPSA) is 49.6 Å². The zero-order valence-corrected chi connectivity index (χ0v) is 17.1. The number of aryl methyl sites for hydroxylation is 1. The van der Waals surface area contributed by atoms with Crippen LogP contribution in [-0.2, 0) is 11.3 Å². The van der Waals surface area contributed by atoms with Gasteiger partial charge in [0.25, 0.3) is 0 Å². The number of oxazole rings is 1. The predicted molar refractivity (Wildman–Crippen MR) is 108 cm³/mol. The number of hydrogen-bond donors (Lipinski definition) is 0. The van der Waals surface area contributed by atoms with E-state index in [9.17, 15) is 4.79 Å². The van der Waals surface area contributed by atoms with Crippen LogP contribution in [0.4, 0.5) is 0 Å². The van der Waals surface area contributed by atoms with Crippen molar-refractivity contribution in [2.75, 3.05) is 26.2 Å². The number of rotatable bonds is 6. The van der Waals surface area contributed by atoms with Crippen LogP contribution in [0.15, 0.2) is 28.7 Å². The second kappa shape index (κ2) is 8.89. The van der Waals surface area contributed by atoms with Crippen LogP contribution in [0.5, 0.6) is 0 Å². The summed E-state index contributed by atoms with van der Waals surface area (Å²) in [5, 5.41) is 0.633. The van der Waals surface area contributed by atoms with Crippen molar-refractivity contribution in [1.82, 2.24) is 14.8 Å². The van der Waals surface area contributed by atoms with E-state index in [0.29, 0.717) is 17.5 Å². The first-order valence-corrected chi connectivity index (χ1v) is 10.1. The Hall–Kier alpha value is -1.85. The number of piperidine rings is 1. The van der Waals surface area contributed by atoms with E-state index in [4.69, 9.17) is 16.0 Å². The molecule has 0 radical (unpaired) electrons. The number of carbonyl (C=O) groups excluding carboxylic acids is 1. The lowest BCUT2D eigenvalue weighted by molar-refractivity contribution is -0.137. The lowest BCUT2D eigenvalue weighted by Gasteiger charge is -2.34. The average molecular weight is 390 g/mol. The van der Waals surface area contributed by atoms with Crippen LogP contribution in [0.25, 0.3) is 11.5 Å². The molecule has 0 bridgehead atoms.